The predicted molar refractivity (Wildman–Crippen MR) is 65.2 cm³/mol. The zero-order valence-electron chi connectivity index (χ0n) is 9.28. The Labute approximate surface area is 111 Å². The van der Waals surface area contributed by atoms with Gasteiger partial charge in [-0.3, -0.25) is 0 Å². The molecule has 0 amide bonds. The van der Waals surface area contributed by atoms with Gasteiger partial charge in [-0.05, 0) is 30.2 Å². The Kier molecular flexibility index (Phi) is 5.01. The van der Waals surface area contributed by atoms with Gasteiger partial charge in [0.2, 0.25) is 0 Å². The Hall–Kier alpha value is -0.790. The number of anilines is 1. The zero-order valence-corrected chi connectivity index (χ0v) is 10.9. The Morgan fingerprint density at radius 1 is 1.28 bits per heavy atom. The van der Waals surface area contributed by atoms with Crippen molar-refractivity contribution in [3.8, 4) is 0 Å². The van der Waals surface area contributed by atoms with Gasteiger partial charge >= 0.3 is 6.18 Å². The Bertz CT molecular complexity index is 412. The van der Waals surface area contributed by atoms with Crippen molar-refractivity contribution in [2.75, 3.05) is 11.1 Å². The molecule has 7 heteroatoms. The van der Waals surface area contributed by atoms with Gasteiger partial charge in [0.05, 0.1) is 11.7 Å². The summed E-state index contributed by atoms with van der Waals surface area (Å²) in [5, 5.41) is 19.7. The summed E-state index contributed by atoms with van der Waals surface area (Å²) in [5.74, 6) is 0. The second-order valence-corrected chi connectivity index (χ2v) is 4.63. The van der Waals surface area contributed by atoms with Crippen molar-refractivity contribution in [1.82, 2.24) is 0 Å². The van der Waals surface area contributed by atoms with E-state index in [2.05, 4.69) is 15.9 Å². The molecule has 1 aromatic carbocycles. The minimum atomic E-state index is -4.60. The van der Waals surface area contributed by atoms with Crippen LogP contribution in [0.1, 0.15) is 23.7 Å². The first-order valence-electron chi connectivity index (χ1n) is 5.16. The lowest BCUT2D eigenvalue weighted by Crippen LogP contribution is -2.22. The van der Waals surface area contributed by atoms with E-state index in [9.17, 15) is 23.4 Å². The van der Waals surface area contributed by atoms with E-state index in [1.54, 1.807) is 0 Å². The van der Waals surface area contributed by atoms with Crippen LogP contribution in [0.25, 0.3) is 0 Å². The molecule has 4 N–H and O–H groups in total. The van der Waals surface area contributed by atoms with Crippen LogP contribution < -0.4 is 5.73 Å². The summed E-state index contributed by atoms with van der Waals surface area (Å²) in [6, 6.07) is 2.94. The fraction of sp³-hybridized carbons (Fsp3) is 0.455. The molecule has 0 saturated carbocycles. The summed E-state index contributed by atoms with van der Waals surface area (Å²) in [6.07, 6.45) is -7.37. The molecule has 3 nitrogen and oxygen atoms in total. The first kappa shape index (κ1) is 15.3. The molecule has 2 atom stereocenters. The molecule has 0 aromatic heterocycles. The fourth-order valence-corrected chi connectivity index (χ4v) is 2.03. The van der Waals surface area contributed by atoms with Crippen LogP contribution in [0.15, 0.2) is 18.2 Å². The molecule has 102 valence electrons. The van der Waals surface area contributed by atoms with Crippen LogP contribution in [0.3, 0.4) is 0 Å². The fourth-order valence-electron chi connectivity index (χ4n) is 1.56. The molecule has 0 aliphatic heterocycles. The van der Waals surface area contributed by atoms with Crippen LogP contribution in [-0.4, -0.2) is 21.6 Å². The molecule has 1 aromatic rings. The van der Waals surface area contributed by atoms with E-state index in [1.807, 2.05) is 0 Å². The summed E-state index contributed by atoms with van der Waals surface area (Å²) < 4.78 is 38.2. The maximum atomic E-state index is 12.7. The topological polar surface area (TPSA) is 66.5 Å². The standard InChI is InChI=1S/C11H13BrF3NO2/c12-4-3-9(17)10(18)7-5-6(16)1-2-8(7)11(13,14)15/h1-2,5,9-10,17-18H,3-4,16H2. The Morgan fingerprint density at radius 3 is 2.39 bits per heavy atom. The van der Waals surface area contributed by atoms with Crippen molar-refractivity contribution >= 4 is 21.6 Å². The minimum Gasteiger partial charge on any atom is -0.399 e. The maximum Gasteiger partial charge on any atom is 0.416 e. The molecule has 0 fully saturated rings. The van der Waals surface area contributed by atoms with Crippen molar-refractivity contribution in [2.45, 2.75) is 24.8 Å². The van der Waals surface area contributed by atoms with Crippen molar-refractivity contribution in [3.05, 3.63) is 29.3 Å². The second kappa shape index (κ2) is 5.90. The van der Waals surface area contributed by atoms with Crippen LogP contribution in [0.5, 0.6) is 0 Å². The van der Waals surface area contributed by atoms with Crippen molar-refractivity contribution in [3.63, 3.8) is 0 Å². The Morgan fingerprint density at radius 2 is 1.89 bits per heavy atom. The number of benzene rings is 1. The molecule has 2 unspecified atom stereocenters. The normalized spacial score (nSPS) is 15.4. The average Bonchev–Trinajstić information content (AvgIpc) is 2.26. The zero-order chi connectivity index (χ0) is 13.9. The van der Waals surface area contributed by atoms with Gasteiger partial charge in [0.15, 0.2) is 0 Å². The summed E-state index contributed by atoms with van der Waals surface area (Å²) in [4.78, 5) is 0. The largest absolute Gasteiger partial charge is 0.416 e. The van der Waals surface area contributed by atoms with E-state index >= 15 is 0 Å². The number of nitrogens with two attached hydrogens (primary N) is 1. The number of alkyl halides is 4. The molecule has 0 heterocycles. The SMILES string of the molecule is Nc1ccc(C(F)(F)F)c(C(O)C(O)CCBr)c1. The third-order valence-corrected chi connectivity index (χ3v) is 2.93. The van der Waals surface area contributed by atoms with Crippen LogP contribution in [0.4, 0.5) is 18.9 Å². The third-order valence-electron chi connectivity index (χ3n) is 2.47. The highest BCUT2D eigenvalue weighted by molar-refractivity contribution is 9.09. The first-order valence-corrected chi connectivity index (χ1v) is 6.28. The smallest absolute Gasteiger partial charge is 0.399 e. The molecule has 1 rings (SSSR count). The second-order valence-electron chi connectivity index (χ2n) is 3.83. The number of nitrogen functional groups attached to an aromatic ring is 1. The molecule has 0 aliphatic rings. The molecular formula is C11H13BrF3NO2. The van der Waals surface area contributed by atoms with Gasteiger partial charge in [-0.25, -0.2) is 0 Å². The highest BCUT2D eigenvalue weighted by Gasteiger charge is 2.36. The summed E-state index contributed by atoms with van der Waals surface area (Å²) in [5.41, 5.74) is 4.12. The van der Waals surface area contributed by atoms with E-state index in [0.717, 1.165) is 18.2 Å². The molecule has 0 aliphatic carbocycles. The lowest BCUT2D eigenvalue weighted by molar-refractivity contribution is -0.139. The Balaban J connectivity index is 3.17. The van der Waals surface area contributed by atoms with Crippen LogP contribution in [0, 0.1) is 0 Å². The molecule has 0 radical (unpaired) electrons. The van der Waals surface area contributed by atoms with Crippen molar-refractivity contribution in [2.24, 2.45) is 0 Å². The molecule has 0 bridgehead atoms. The number of halogens is 4. The van der Waals surface area contributed by atoms with Gasteiger partial charge in [0.1, 0.15) is 6.10 Å². The van der Waals surface area contributed by atoms with Crippen LogP contribution >= 0.6 is 15.9 Å². The quantitative estimate of drug-likeness (QED) is 0.588. The van der Waals surface area contributed by atoms with Crippen LogP contribution in [0.2, 0.25) is 0 Å². The predicted octanol–water partition coefficient (Wildman–Crippen LogP) is 2.47. The number of rotatable bonds is 4. The number of aliphatic hydroxyl groups excluding tert-OH is 2. The van der Waals surface area contributed by atoms with E-state index in [4.69, 9.17) is 5.73 Å². The number of hydrogen-bond donors (Lipinski definition) is 3. The van der Waals surface area contributed by atoms with Crippen molar-refractivity contribution < 1.29 is 23.4 Å². The third kappa shape index (κ3) is 3.60. The molecule has 18 heavy (non-hydrogen) atoms. The van der Waals surface area contributed by atoms with E-state index in [-0.39, 0.29) is 12.1 Å². The summed E-state index contributed by atoms with van der Waals surface area (Å²) >= 11 is 3.05. The van der Waals surface area contributed by atoms with Gasteiger partial charge in [0, 0.05) is 11.0 Å². The van der Waals surface area contributed by atoms with E-state index in [0.29, 0.717) is 5.33 Å². The highest BCUT2D eigenvalue weighted by Crippen LogP contribution is 2.36. The van der Waals surface area contributed by atoms with Gasteiger partial charge in [-0.2, -0.15) is 13.2 Å². The monoisotopic (exact) mass is 327 g/mol. The molecule has 0 spiro atoms. The molecule has 0 saturated heterocycles. The average molecular weight is 328 g/mol. The van der Waals surface area contributed by atoms with Crippen molar-refractivity contribution in [1.29, 1.82) is 0 Å². The highest BCUT2D eigenvalue weighted by atomic mass is 79.9. The van der Waals surface area contributed by atoms with Gasteiger partial charge in [-0.15, -0.1) is 0 Å². The maximum absolute atomic E-state index is 12.7. The molecular weight excluding hydrogens is 315 g/mol. The van der Waals surface area contributed by atoms with Gasteiger partial charge in [0.25, 0.3) is 0 Å². The lowest BCUT2D eigenvalue weighted by atomic mass is 9.96. The van der Waals surface area contributed by atoms with Gasteiger partial charge in [-0.1, -0.05) is 15.9 Å². The summed E-state index contributed by atoms with van der Waals surface area (Å²) in [6.45, 7) is 0. The van der Waals surface area contributed by atoms with E-state index in [1.165, 1.54) is 0 Å². The summed E-state index contributed by atoms with van der Waals surface area (Å²) in [7, 11) is 0. The number of hydrogen-bond acceptors (Lipinski definition) is 3. The number of aliphatic hydroxyl groups is 2. The van der Waals surface area contributed by atoms with Crippen LogP contribution in [-0.2, 0) is 6.18 Å². The first-order chi connectivity index (χ1) is 8.27. The van der Waals surface area contributed by atoms with Gasteiger partial charge < -0.3 is 15.9 Å². The minimum absolute atomic E-state index is 0.100. The van der Waals surface area contributed by atoms with E-state index < -0.39 is 29.5 Å². The lowest BCUT2D eigenvalue weighted by Gasteiger charge is -2.21.